The van der Waals surface area contributed by atoms with Gasteiger partial charge >= 0.3 is 0 Å². The lowest BCUT2D eigenvalue weighted by atomic mass is 10.2. The van der Waals surface area contributed by atoms with Crippen molar-refractivity contribution >= 4 is 34.6 Å². The van der Waals surface area contributed by atoms with Crippen molar-refractivity contribution in [3.63, 3.8) is 0 Å². The van der Waals surface area contributed by atoms with Crippen LogP contribution in [0.4, 0.5) is 0 Å². The van der Waals surface area contributed by atoms with E-state index in [4.69, 9.17) is 21.1 Å². The maximum atomic E-state index is 12.7. The van der Waals surface area contributed by atoms with Crippen LogP contribution in [0.1, 0.15) is 45.5 Å². The molecule has 1 aromatic heterocycles. The van der Waals surface area contributed by atoms with Gasteiger partial charge in [0.15, 0.2) is 10.6 Å². The molecule has 2 heterocycles. The van der Waals surface area contributed by atoms with Crippen LogP contribution in [0.3, 0.4) is 0 Å². The van der Waals surface area contributed by atoms with Gasteiger partial charge in [-0.3, -0.25) is 9.59 Å². The minimum atomic E-state index is -0.457. The van der Waals surface area contributed by atoms with Crippen molar-refractivity contribution < 1.29 is 19.1 Å². The third-order valence-electron chi connectivity index (χ3n) is 4.06. The van der Waals surface area contributed by atoms with Crippen molar-refractivity contribution in [3.05, 3.63) is 44.2 Å². The highest BCUT2D eigenvalue weighted by atomic mass is 35.5. The Kier molecular flexibility index (Phi) is 5.90. The fourth-order valence-corrected chi connectivity index (χ4v) is 3.99. The average molecular weight is 395 g/mol. The summed E-state index contributed by atoms with van der Waals surface area (Å²) in [5, 5.41) is 0.428. The lowest BCUT2D eigenvalue weighted by Crippen LogP contribution is -2.23. The molecule has 0 unspecified atom stereocenters. The molecule has 0 aliphatic carbocycles. The van der Waals surface area contributed by atoms with E-state index < -0.39 is 5.91 Å². The van der Waals surface area contributed by atoms with Gasteiger partial charge in [0.2, 0.25) is 0 Å². The van der Waals surface area contributed by atoms with Gasteiger partial charge in [-0.25, -0.2) is 0 Å². The van der Waals surface area contributed by atoms with E-state index in [2.05, 4.69) is 11.9 Å². The number of methoxy groups -OCH3 is 1. The van der Waals surface area contributed by atoms with E-state index >= 15 is 0 Å². The van der Waals surface area contributed by atoms with E-state index in [1.165, 1.54) is 24.5 Å². The molecule has 1 aliphatic heterocycles. The molecule has 138 valence electrons. The molecular weight excluding hydrogens is 376 g/mol. The van der Waals surface area contributed by atoms with Crippen molar-refractivity contribution in [2.75, 3.05) is 13.7 Å². The maximum absolute atomic E-state index is 12.7. The molecule has 1 aromatic carbocycles. The predicted molar refractivity (Wildman–Crippen MR) is 99.1 cm³/mol. The van der Waals surface area contributed by atoms with Gasteiger partial charge in [-0.1, -0.05) is 36.3 Å². The van der Waals surface area contributed by atoms with Crippen LogP contribution in [-0.4, -0.2) is 30.0 Å². The Bertz CT molecular complexity index is 916. The van der Waals surface area contributed by atoms with Crippen molar-refractivity contribution in [2.24, 2.45) is 4.99 Å². The number of unbranched alkanes of at least 4 members (excludes halogenated alkanes) is 1. The lowest BCUT2D eigenvalue weighted by Gasteiger charge is -2.14. The number of carbonyl (C=O) groups is 2. The second-order valence-corrected chi connectivity index (χ2v) is 7.26. The molecule has 0 N–H and O–H groups in total. The van der Waals surface area contributed by atoms with Gasteiger partial charge < -0.3 is 14.0 Å². The quantitative estimate of drug-likeness (QED) is 0.778. The molecule has 0 saturated carbocycles. The molecule has 2 aromatic rings. The number of hydrogen-bond acceptors (Lipinski definition) is 5. The Morgan fingerprint density at radius 2 is 2.23 bits per heavy atom. The Hall–Kier alpha value is -1.96. The van der Waals surface area contributed by atoms with E-state index in [-0.39, 0.29) is 18.0 Å². The third kappa shape index (κ3) is 3.75. The molecule has 0 fully saturated rings. The number of benzene rings is 1. The molecule has 1 aliphatic rings. The number of hydrogen-bond donors (Lipinski definition) is 0. The van der Waals surface area contributed by atoms with Crippen molar-refractivity contribution in [1.82, 2.24) is 4.57 Å². The largest absolute Gasteiger partial charge is 0.496 e. The number of ether oxygens (including phenoxy) is 2. The summed E-state index contributed by atoms with van der Waals surface area (Å²) in [5.74, 6) is -0.124. The molecule has 0 bridgehead atoms. The van der Waals surface area contributed by atoms with E-state index in [1.54, 1.807) is 12.1 Å². The SMILES string of the molecule is CCCCn1c2c(s/c1=N\C(=O)c1cc(Cl)ccc1OC)C(=O)COC2. The van der Waals surface area contributed by atoms with Crippen LogP contribution in [-0.2, 0) is 17.9 Å². The molecule has 6 nitrogen and oxygen atoms in total. The number of thiazole rings is 1. The van der Waals surface area contributed by atoms with Crippen LogP contribution in [0, 0.1) is 0 Å². The number of carbonyl (C=O) groups excluding carboxylic acids is 2. The zero-order chi connectivity index (χ0) is 18.7. The minimum absolute atomic E-state index is 0.0663. The number of aromatic nitrogens is 1. The van der Waals surface area contributed by atoms with E-state index in [0.29, 0.717) is 33.6 Å². The Morgan fingerprint density at radius 3 is 2.96 bits per heavy atom. The monoisotopic (exact) mass is 394 g/mol. The molecule has 26 heavy (non-hydrogen) atoms. The number of rotatable bonds is 5. The summed E-state index contributed by atoms with van der Waals surface area (Å²) in [6.45, 7) is 3.18. The average Bonchev–Trinajstić information content (AvgIpc) is 2.98. The number of nitrogens with zero attached hydrogens (tertiary/aromatic N) is 2. The minimum Gasteiger partial charge on any atom is -0.496 e. The summed E-state index contributed by atoms with van der Waals surface area (Å²) in [5.41, 5.74) is 1.08. The number of fused-ring (bicyclic) bond motifs is 1. The summed E-state index contributed by atoms with van der Waals surface area (Å²) in [6.07, 6.45) is 1.90. The van der Waals surface area contributed by atoms with Gasteiger partial charge in [0, 0.05) is 11.6 Å². The third-order valence-corrected chi connectivity index (χ3v) is 5.46. The van der Waals surface area contributed by atoms with Gasteiger partial charge in [-0.15, -0.1) is 0 Å². The van der Waals surface area contributed by atoms with Gasteiger partial charge in [-0.05, 0) is 24.6 Å². The van der Waals surface area contributed by atoms with Crippen LogP contribution >= 0.6 is 22.9 Å². The van der Waals surface area contributed by atoms with Crippen LogP contribution in [0.5, 0.6) is 5.75 Å². The first-order valence-corrected chi connectivity index (χ1v) is 9.50. The number of amides is 1. The van der Waals surface area contributed by atoms with Crippen LogP contribution < -0.4 is 9.54 Å². The number of halogens is 1. The molecule has 0 radical (unpaired) electrons. The number of ketones is 1. The Morgan fingerprint density at radius 1 is 1.42 bits per heavy atom. The zero-order valence-corrected chi connectivity index (χ0v) is 16.2. The van der Waals surface area contributed by atoms with Gasteiger partial charge in [0.1, 0.15) is 12.4 Å². The fourth-order valence-electron chi connectivity index (χ4n) is 2.74. The molecule has 0 spiro atoms. The highest BCUT2D eigenvalue weighted by molar-refractivity contribution is 7.11. The molecule has 3 rings (SSSR count). The van der Waals surface area contributed by atoms with E-state index in [0.717, 1.165) is 18.5 Å². The van der Waals surface area contributed by atoms with Gasteiger partial charge in [-0.2, -0.15) is 4.99 Å². The topological polar surface area (TPSA) is 69.9 Å². The smallest absolute Gasteiger partial charge is 0.283 e. The number of Topliss-reactive ketones (excluding diaryl/α,β-unsaturated/α-hetero) is 1. The van der Waals surface area contributed by atoms with Crippen LogP contribution in [0.25, 0.3) is 0 Å². The fraction of sp³-hybridized carbons (Fsp3) is 0.389. The second-order valence-electron chi connectivity index (χ2n) is 5.84. The Labute approximate surface area is 160 Å². The first-order chi connectivity index (χ1) is 12.5. The zero-order valence-electron chi connectivity index (χ0n) is 14.6. The van der Waals surface area contributed by atoms with Crippen LogP contribution in [0.2, 0.25) is 5.02 Å². The lowest BCUT2D eigenvalue weighted by molar-refractivity contribution is 0.0653. The molecule has 0 saturated heterocycles. The van der Waals surface area contributed by atoms with E-state index in [9.17, 15) is 9.59 Å². The molecule has 0 atom stereocenters. The van der Waals surface area contributed by atoms with Crippen molar-refractivity contribution in [1.29, 1.82) is 0 Å². The molecule has 1 amide bonds. The highest BCUT2D eigenvalue weighted by Gasteiger charge is 2.24. The first-order valence-electron chi connectivity index (χ1n) is 8.31. The summed E-state index contributed by atoms with van der Waals surface area (Å²) in [7, 11) is 1.49. The second kappa shape index (κ2) is 8.16. The molecular formula is C18H19ClN2O4S. The van der Waals surface area contributed by atoms with Crippen LogP contribution in [0.15, 0.2) is 23.2 Å². The summed E-state index contributed by atoms with van der Waals surface area (Å²) < 4.78 is 12.5. The summed E-state index contributed by atoms with van der Waals surface area (Å²) in [6, 6.07) is 4.82. The highest BCUT2D eigenvalue weighted by Crippen LogP contribution is 2.24. The van der Waals surface area contributed by atoms with E-state index in [1.807, 2.05) is 4.57 Å². The summed E-state index contributed by atoms with van der Waals surface area (Å²) in [4.78, 5) is 30.3. The normalized spacial score (nSPS) is 14.4. The predicted octanol–water partition coefficient (Wildman–Crippen LogP) is 3.47. The van der Waals surface area contributed by atoms with Gasteiger partial charge in [0.05, 0.1) is 29.9 Å². The summed E-state index contributed by atoms with van der Waals surface area (Å²) >= 11 is 7.24. The first kappa shape index (κ1) is 18.8. The van der Waals surface area contributed by atoms with Crippen molar-refractivity contribution in [2.45, 2.75) is 32.9 Å². The van der Waals surface area contributed by atoms with Gasteiger partial charge in [0.25, 0.3) is 5.91 Å². The maximum Gasteiger partial charge on any atom is 0.283 e. The van der Waals surface area contributed by atoms with Crippen molar-refractivity contribution in [3.8, 4) is 5.75 Å². The Balaban J connectivity index is 2.09. The standard InChI is InChI=1S/C18H19ClN2O4S/c1-3-4-7-21-13-9-25-10-14(22)16(13)26-18(21)20-17(23)12-8-11(19)5-6-15(12)24-2/h5-6,8H,3-4,7,9-10H2,1-2H3/b20-18-. The molecule has 8 heteroatoms.